The summed E-state index contributed by atoms with van der Waals surface area (Å²) in [7, 11) is 0. The first kappa shape index (κ1) is 16.8. The lowest BCUT2D eigenvalue weighted by atomic mass is 9.71. The zero-order valence-electron chi connectivity index (χ0n) is 14.3. The first-order valence-corrected chi connectivity index (χ1v) is 8.33. The van der Waals surface area contributed by atoms with Gasteiger partial charge in [-0.05, 0) is 79.2 Å². The predicted octanol–water partition coefficient (Wildman–Crippen LogP) is 5.24. The monoisotopic (exact) mass is 300 g/mol. The van der Waals surface area contributed by atoms with Crippen molar-refractivity contribution in [3.8, 4) is 5.75 Å². The summed E-state index contributed by atoms with van der Waals surface area (Å²) in [5, 5.41) is 10.0. The van der Waals surface area contributed by atoms with Crippen LogP contribution in [0.1, 0.15) is 75.0 Å². The molecule has 1 aromatic carbocycles. The van der Waals surface area contributed by atoms with Gasteiger partial charge in [-0.25, -0.2) is 0 Å². The molecule has 2 nitrogen and oxygen atoms in total. The number of phenolic OH excluding ortho intramolecular Hbond substituents is 1. The van der Waals surface area contributed by atoms with E-state index in [1.165, 1.54) is 17.5 Å². The number of carbonyl (C=O) groups excluding carboxylic acids is 1. The zero-order valence-corrected chi connectivity index (χ0v) is 14.3. The third-order valence-electron chi connectivity index (χ3n) is 5.23. The first-order valence-electron chi connectivity index (χ1n) is 8.33. The molecular weight excluding hydrogens is 272 g/mol. The number of aromatic hydroxyl groups is 1. The van der Waals surface area contributed by atoms with Crippen LogP contribution in [0, 0.1) is 12.8 Å². The number of rotatable bonds is 5. The minimum atomic E-state index is 0.179. The van der Waals surface area contributed by atoms with Crippen molar-refractivity contribution in [3.63, 3.8) is 0 Å². The second-order valence-corrected chi connectivity index (χ2v) is 7.07. The number of fused-ring (bicyclic) bond motifs is 1. The summed E-state index contributed by atoms with van der Waals surface area (Å²) in [6.45, 7) is 12.0. The van der Waals surface area contributed by atoms with E-state index in [-0.39, 0.29) is 5.78 Å². The van der Waals surface area contributed by atoms with Crippen molar-refractivity contribution >= 4 is 5.78 Å². The minimum absolute atomic E-state index is 0.179. The quantitative estimate of drug-likeness (QED) is 0.755. The number of ketones is 1. The Hall–Kier alpha value is -1.57. The Labute approximate surface area is 134 Å². The SMILES string of the molecule is C=C(C)C(=O)CCC(C)C1CCC(C)c2cc(O)c(C)cc21. The standard InChI is InChI=1S/C20H28O2/c1-12(2)19(21)9-7-13(3)16-8-6-14(4)17-11-20(22)15(5)10-18(16)17/h10-11,13-14,16,22H,1,6-9H2,2-5H3. The summed E-state index contributed by atoms with van der Waals surface area (Å²) in [6.07, 6.45) is 3.82. The molecule has 1 aliphatic rings. The summed E-state index contributed by atoms with van der Waals surface area (Å²) >= 11 is 0. The van der Waals surface area contributed by atoms with E-state index in [9.17, 15) is 9.90 Å². The lowest BCUT2D eigenvalue weighted by molar-refractivity contribution is -0.115. The Morgan fingerprint density at radius 1 is 1.36 bits per heavy atom. The minimum Gasteiger partial charge on any atom is -0.508 e. The largest absolute Gasteiger partial charge is 0.508 e. The topological polar surface area (TPSA) is 37.3 Å². The Morgan fingerprint density at radius 3 is 2.68 bits per heavy atom. The number of aryl methyl sites for hydroxylation is 1. The smallest absolute Gasteiger partial charge is 0.157 e. The number of allylic oxidation sites excluding steroid dienone is 1. The van der Waals surface area contributed by atoms with Crippen LogP contribution >= 0.6 is 0 Å². The van der Waals surface area contributed by atoms with Gasteiger partial charge in [0.2, 0.25) is 0 Å². The molecule has 1 aliphatic carbocycles. The molecule has 1 aromatic rings. The number of phenols is 1. The number of benzene rings is 1. The molecule has 2 rings (SSSR count). The highest BCUT2D eigenvalue weighted by atomic mass is 16.3. The summed E-state index contributed by atoms with van der Waals surface area (Å²) < 4.78 is 0. The molecule has 1 N–H and O–H groups in total. The van der Waals surface area contributed by atoms with E-state index >= 15 is 0 Å². The third kappa shape index (κ3) is 3.43. The Bertz CT molecular complexity index is 586. The lowest BCUT2D eigenvalue weighted by Crippen LogP contribution is -2.19. The van der Waals surface area contributed by atoms with Crippen LogP contribution in [-0.2, 0) is 4.79 Å². The molecule has 0 aliphatic heterocycles. The lowest BCUT2D eigenvalue weighted by Gasteiger charge is -2.34. The number of Topliss-reactive ketones (excluding diaryl/α,β-unsaturated/α-hetero) is 1. The average Bonchev–Trinajstić information content (AvgIpc) is 2.46. The van der Waals surface area contributed by atoms with E-state index in [4.69, 9.17) is 0 Å². The van der Waals surface area contributed by atoms with Gasteiger partial charge >= 0.3 is 0 Å². The van der Waals surface area contributed by atoms with E-state index in [0.29, 0.717) is 35.5 Å². The zero-order chi connectivity index (χ0) is 16.4. The van der Waals surface area contributed by atoms with Crippen molar-refractivity contribution < 1.29 is 9.90 Å². The van der Waals surface area contributed by atoms with Crippen LogP contribution in [0.15, 0.2) is 24.3 Å². The molecule has 0 spiro atoms. The highest BCUT2D eigenvalue weighted by Gasteiger charge is 2.29. The summed E-state index contributed by atoms with van der Waals surface area (Å²) in [6, 6.07) is 4.11. The first-order chi connectivity index (χ1) is 10.3. The second-order valence-electron chi connectivity index (χ2n) is 7.07. The van der Waals surface area contributed by atoms with Gasteiger partial charge in [0.25, 0.3) is 0 Å². The van der Waals surface area contributed by atoms with Crippen molar-refractivity contribution in [2.24, 2.45) is 5.92 Å². The number of hydrogen-bond donors (Lipinski definition) is 1. The van der Waals surface area contributed by atoms with Crippen LogP contribution in [-0.4, -0.2) is 10.9 Å². The summed E-state index contributed by atoms with van der Waals surface area (Å²) in [4.78, 5) is 11.8. The fourth-order valence-electron chi connectivity index (χ4n) is 3.59. The van der Waals surface area contributed by atoms with Crippen molar-refractivity contribution in [1.82, 2.24) is 0 Å². The molecule has 0 amide bonds. The van der Waals surface area contributed by atoms with Crippen LogP contribution in [0.3, 0.4) is 0 Å². The molecule has 0 aromatic heterocycles. The Balaban J connectivity index is 2.20. The molecular formula is C20H28O2. The van der Waals surface area contributed by atoms with Crippen LogP contribution in [0.4, 0.5) is 0 Å². The molecule has 0 bridgehead atoms. The van der Waals surface area contributed by atoms with Gasteiger partial charge in [0.1, 0.15) is 5.75 Å². The number of hydrogen-bond acceptors (Lipinski definition) is 2. The van der Waals surface area contributed by atoms with Gasteiger partial charge in [0.05, 0.1) is 0 Å². The maximum atomic E-state index is 11.8. The van der Waals surface area contributed by atoms with Crippen molar-refractivity contribution in [1.29, 1.82) is 0 Å². The second kappa shape index (κ2) is 6.68. The molecule has 3 atom stereocenters. The van der Waals surface area contributed by atoms with Gasteiger partial charge in [-0.2, -0.15) is 0 Å². The van der Waals surface area contributed by atoms with Crippen LogP contribution in [0.25, 0.3) is 0 Å². The molecule has 2 heteroatoms. The molecule has 3 unspecified atom stereocenters. The highest BCUT2D eigenvalue weighted by molar-refractivity contribution is 5.94. The van der Waals surface area contributed by atoms with Gasteiger partial charge in [-0.3, -0.25) is 4.79 Å². The van der Waals surface area contributed by atoms with E-state index in [1.807, 2.05) is 13.0 Å². The summed E-state index contributed by atoms with van der Waals surface area (Å²) in [5.41, 5.74) is 4.27. The fraction of sp³-hybridized carbons (Fsp3) is 0.550. The predicted molar refractivity (Wildman–Crippen MR) is 91.5 cm³/mol. The van der Waals surface area contributed by atoms with Gasteiger partial charge in [-0.1, -0.05) is 26.5 Å². The van der Waals surface area contributed by atoms with Crippen molar-refractivity contribution in [2.75, 3.05) is 0 Å². The summed E-state index contributed by atoms with van der Waals surface area (Å²) in [5.74, 6) is 2.04. The van der Waals surface area contributed by atoms with Crippen LogP contribution in [0.5, 0.6) is 5.75 Å². The molecule has 22 heavy (non-hydrogen) atoms. The maximum Gasteiger partial charge on any atom is 0.157 e. The van der Waals surface area contributed by atoms with E-state index in [1.54, 1.807) is 6.92 Å². The van der Waals surface area contributed by atoms with Gasteiger partial charge in [0, 0.05) is 6.42 Å². The van der Waals surface area contributed by atoms with E-state index in [2.05, 4.69) is 26.5 Å². The normalized spacial score (nSPS) is 22.0. The molecule has 0 saturated carbocycles. The van der Waals surface area contributed by atoms with Gasteiger partial charge in [-0.15, -0.1) is 0 Å². The average molecular weight is 300 g/mol. The molecule has 120 valence electrons. The fourth-order valence-corrected chi connectivity index (χ4v) is 3.59. The molecule has 0 radical (unpaired) electrons. The van der Waals surface area contributed by atoms with E-state index < -0.39 is 0 Å². The maximum absolute atomic E-state index is 11.8. The molecule has 0 saturated heterocycles. The molecule has 0 heterocycles. The third-order valence-corrected chi connectivity index (χ3v) is 5.23. The molecule has 0 fully saturated rings. The van der Waals surface area contributed by atoms with Gasteiger partial charge in [0.15, 0.2) is 5.78 Å². The number of carbonyl (C=O) groups is 1. The van der Waals surface area contributed by atoms with Crippen LogP contribution in [0.2, 0.25) is 0 Å². The van der Waals surface area contributed by atoms with E-state index in [0.717, 1.165) is 18.4 Å². The van der Waals surface area contributed by atoms with Crippen molar-refractivity contribution in [3.05, 3.63) is 41.0 Å². The van der Waals surface area contributed by atoms with Crippen LogP contribution < -0.4 is 0 Å². The Kier molecular flexibility index (Phi) is 5.10. The van der Waals surface area contributed by atoms with Crippen molar-refractivity contribution in [2.45, 2.75) is 65.2 Å². The Morgan fingerprint density at radius 2 is 2.05 bits per heavy atom. The van der Waals surface area contributed by atoms with Gasteiger partial charge < -0.3 is 5.11 Å². The highest BCUT2D eigenvalue weighted by Crippen LogP contribution is 2.45.